The number of benzene rings is 1. The molecule has 0 aliphatic rings. The molecule has 0 bridgehead atoms. The van der Waals surface area contributed by atoms with E-state index in [0.717, 1.165) is 54.3 Å². The lowest BCUT2D eigenvalue weighted by molar-refractivity contribution is 0.0787. The van der Waals surface area contributed by atoms with Crippen LogP contribution in [-0.4, -0.2) is 29.2 Å². The van der Waals surface area contributed by atoms with E-state index in [0.29, 0.717) is 0 Å². The first-order valence-corrected chi connectivity index (χ1v) is 10.2. The van der Waals surface area contributed by atoms with Gasteiger partial charge in [-0.05, 0) is 38.3 Å². The van der Waals surface area contributed by atoms with Gasteiger partial charge in [-0.1, -0.05) is 37.3 Å². The zero-order chi connectivity index (χ0) is 18.4. The van der Waals surface area contributed by atoms with Crippen LogP contribution in [0.4, 0.5) is 5.82 Å². The third-order valence-electron chi connectivity index (χ3n) is 4.11. The fourth-order valence-corrected chi connectivity index (χ4v) is 3.77. The van der Waals surface area contributed by atoms with E-state index in [4.69, 9.17) is 14.7 Å². The summed E-state index contributed by atoms with van der Waals surface area (Å²) in [6.07, 6.45) is 3.02. The number of anilines is 1. The van der Waals surface area contributed by atoms with Crippen LogP contribution in [0.15, 0.2) is 36.4 Å². The number of hydrogen-bond acceptors (Lipinski definition) is 5. The second-order valence-electron chi connectivity index (χ2n) is 6.64. The number of rotatable bonds is 9. The predicted octanol–water partition coefficient (Wildman–Crippen LogP) is 5.07. The molecule has 2 aromatic heterocycles. The van der Waals surface area contributed by atoms with Crippen molar-refractivity contribution in [3.05, 3.63) is 52.7 Å². The first kappa shape index (κ1) is 18.8. The van der Waals surface area contributed by atoms with Gasteiger partial charge in [0.15, 0.2) is 0 Å². The predicted molar refractivity (Wildman–Crippen MR) is 110 cm³/mol. The maximum Gasteiger partial charge on any atom is 0.138 e. The first-order valence-electron chi connectivity index (χ1n) is 9.34. The summed E-state index contributed by atoms with van der Waals surface area (Å²) in [6, 6.07) is 12.6. The Balaban J connectivity index is 1.78. The summed E-state index contributed by atoms with van der Waals surface area (Å²) in [6.45, 7) is 7.92. The van der Waals surface area contributed by atoms with Crippen LogP contribution in [0.2, 0.25) is 0 Å². The summed E-state index contributed by atoms with van der Waals surface area (Å²) in [5.41, 5.74) is 1.23. The zero-order valence-corrected chi connectivity index (χ0v) is 16.6. The van der Waals surface area contributed by atoms with Crippen LogP contribution in [0, 0.1) is 0 Å². The zero-order valence-electron chi connectivity index (χ0n) is 15.8. The average Bonchev–Trinajstić information content (AvgIpc) is 3.05. The fraction of sp³-hybridized carbons (Fsp3) is 0.429. The van der Waals surface area contributed by atoms with E-state index in [-0.39, 0.29) is 6.10 Å². The quantitative estimate of drug-likeness (QED) is 0.535. The van der Waals surface area contributed by atoms with Crippen molar-refractivity contribution >= 4 is 27.4 Å². The van der Waals surface area contributed by atoms with Crippen molar-refractivity contribution in [2.45, 2.75) is 46.1 Å². The maximum atomic E-state index is 5.62. The highest BCUT2D eigenvalue weighted by Crippen LogP contribution is 2.29. The van der Waals surface area contributed by atoms with E-state index in [2.05, 4.69) is 56.4 Å². The topological polar surface area (TPSA) is 47.0 Å². The van der Waals surface area contributed by atoms with E-state index >= 15 is 0 Å². The van der Waals surface area contributed by atoms with Gasteiger partial charge in [0, 0.05) is 24.4 Å². The fourth-order valence-electron chi connectivity index (χ4n) is 2.78. The molecular weight excluding hydrogens is 342 g/mol. The molecule has 2 heterocycles. The lowest BCUT2D eigenvalue weighted by Gasteiger charge is -2.10. The Bertz CT molecular complexity index is 830. The third-order valence-corrected chi connectivity index (χ3v) is 5.28. The summed E-state index contributed by atoms with van der Waals surface area (Å²) < 4.78 is 5.62. The minimum atomic E-state index is 0.280. The Hall–Kier alpha value is -1.98. The van der Waals surface area contributed by atoms with Gasteiger partial charge in [0.2, 0.25) is 0 Å². The van der Waals surface area contributed by atoms with Crippen molar-refractivity contribution in [1.82, 2.24) is 9.97 Å². The molecule has 3 rings (SSSR count). The van der Waals surface area contributed by atoms with Crippen LogP contribution in [0.25, 0.3) is 10.2 Å². The maximum absolute atomic E-state index is 5.62. The number of aryl methyl sites for hydroxylation is 1. The molecule has 1 aromatic carbocycles. The number of ether oxygens (including phenoxy) is 1. The van der Waals surface area contributed by atoms with Gasteiger partial charge in [-0.2, -0.15) is 0 Å². The minimum absolute atomic E-state index is 0.280. The Morgan fingerprint density at radius 2 is 1.96 bits per heavy atom. The number of thiophene rings is 1. The second kappa shape index (κ2) is 9.10. The SMILES string of the molecule is CCc1cc2c(NCCCOC(C)C)nc(Cc3ccccc3)nc2s1. The molecule has 0 saturated heterocycles. The molecule has 138 valence electrons. The smallest absolute Gasteiger partial charge is 0.138 e. The first-order chi connectivity index (χ1) is 12.7. The van der Waals surface area contributed by atoms with Crippen LogP contribution in [0.3, 0.4) is 0 Å². The van der Waals surface area contributed by atoms with Gasteiger partial charge in [0.05, 0.1) is 11.5 Å². The number of fused-ring (bicyclic) bond motifs is 1. The summed E-state index contributed by atoms with van der Waals surface area (Å²) in [5.74, 6) is 1.82. The molecule has 3 aromatic rings. The highest BCUT2D eigenvalue weighted by Gasteiger charge is 2.12. The lowest BCUT2D eigenvalue weighted by Crippen LogP contribution is -2.11. The molecule has 0 amide bonds. The Morgan fingerprint density at radius 3 is 2.69 bits per heavy atom. The number of nitrogens with zero attached hydrogens (tertiary/aromatic N) is 2. The van der Waals surface area contributed by atoms with Gasteiger partial charge in [-0.3, -0.25) is 0 Å². The molecule has 4 nitrogen and oxygen atoms in total. The van der Waals surface area contributed by atoms with Crippen molar-refractivity contribution in [2.24, 2.45) is 0 Å². The van der Waals surface area contributed by atoms with Crippen LogP contribution in [0.5, 0.6) is 0 Å². The molecule has 0 aliphatic heterocycles. The summed E-state index contributed by atoms with van der Waals surface area (Å²) in [4.78, 5) is 12.0. The molecule has 0 unspecified atom stereocenters. The molecule has 0 saturated carbocycles. The van der Waals surface area contributed by atoms with Crippen molar-refractivity contribution in [3.8, 4) is 0 Å². The Kier molecular flexibility index (Phi) is 6.58. The van der Waals surface area contributed by atoms with Crippen molar-refractivity contribution in [1.29, 1.82) is 0 Å². The molecule has 0 atom stereocenters. The lowest BCUT2D eigenvalue weighted by atomic mass is 10.1. The van der Waals surface area contributed by atoms with Gasteiger partial charge in [0.25, 0.3) is 0 Å². The summed E-state index contributed by atoms with van der Waals surface area (Å²) >= 11 is 1.77. The van der Waals surface area contributed by atoms with E-state index in [1.165, 1.54) is 10.4 Å². The van der Waals surface area contributed by atoms with E-state index in [9.17, 15) is 0 Å². The van der Waals surface area contributed by atoms with E-state index in [1.807, 2.05) is 6.07 Å². The molecule has 0 fully saturated rings. The number of nitrogens with one attached hydrogen (secondary N) is 1. The van der Waals surface area contributed by atoms with Gasteiger partial charge < -0.3 is 10.1 Å². The molecule has 0 aliphatic carbocycles. The van der Waals surface area contributed by atoms with Gasteiger partial charge in [0.1, 0.15) is 16.5 Å². The molecule has 0 radical (unpaired) electrons. The van der Waals surface area contributed by atoms with Crippen LogP contribution in [-0.2, 0) is 17.6 Å². The van der Waals surface area contributed by atoms with Crippen molar-refractivity contribution in [2.75, 3.05) is 18.5 Å². The Labute approximate surface area is 159 Å². The van der Waals surface area contributed by atoms with Gasteiger partial charge in [-0.15, -0.1) is 11.3 Å². The minimum Gasteiger partial charge on any atom is -0.379 e. The molecule has 26 heavy (non-hydrogen) atoms. The highest BCUT2D eigenvalue weighted by atomic mass is 32.1. The number of hydrogen-bond donors (Lipinski definition) is 1. The summed E-state index contributed by atoms with van der Waals surface area (Å²) in [5, 5.41) is 4.63. The normalized spacial score (nSPS) is 11.4. The standard InChI is InChI=1S/C21H27N3OS/c1-4-17-14-18-20(22-11-8-12-25-15(2)3)23-19(24-21(18)26-17)13-16-9-6-5-7-10-16/h5-7,9-10,14-15H,4,8,11-13H2,1-3H3,(H,22,23,24). The molecule has 1 N–H and O–H groups in total. The van der Waals surface area contributed by atoms with E-state index in [1.54, 1.807) is 11.3 Å². The third kappa shape index (κ3) is 5.02. The van der Waals surface area contributed by atoms with Crippen molar-refractivity contribution in [3.63, 3.8) is 0 Å². The van der Waals surface area contributed by atoms with Crippen molar-refractivity contribution < 1.29 is 4.74 Å². The molecular formula is C21H27N3OS. The van der Waals surface area contributed by atoms with E-state index < -0.39 is 0 Å². The average molecular weight is 370 g/mol. The van der Waals surface area contributed by atoms with Crippen LogP contribution in [0.1, 0.15) is 43.5 Å². The molecule has 5 heteroatoms. The van der Waals surface area contributed by atoms with Crippen LogP contribution < -0.4 is 5.32 Å². The van der Waals surface area contributed by atoms with Crippen LogP contribution >= 0.6 is 11.3 Å². The summed E-state index contributed by atoms with van der Waals surface area (Å²) in [7, 11) is 0. The Morgan fingerprint density at radius 1 is 1.15 bits per heavy atom. The number of aromatic nitrogens is 2. The largest absolute Gasteiger partial charge is 0.379 e. The monoisotopic (exact) mass is 369 g/mol. The second-order valence-corrected chi connectivity index (χ2v) is 7.75. The van der Waals surface area contributed by atoms with Gasteiger partial charge in [-0.25, -0.2) is 9.97 Å². The molecule has 0 spiro atoms. The highest BCUT2D eigenvalue weighted by molar-refractivity contribution is 7.18. The van der Waals surface area contributed by atoms with Gasteiger partial charge >= 0.3 is 0 Å².